The zero-order valence-electron chi connectivity index (χ0n) is 15.9. The maximum atomic E-state index is 14.3. The molecule has 0 bridgehead atoms. The summed E-state index contributed by atoms with van der Waals surface area (Å²) < 4.78 is 69.7. The Bertz CT molecular complexity index is 1160. The van der Waals surface area contributed by atoms with Crippen molar-refractivity contribution in [3.63, 3.8) is 0 Å². The smallest absolute Gasteiger partial charge is 0.143 e. The molecule has 3 rings (SSSR count). The highest BCUT2D eigenvalue weighted by molar-refractivity contribution is 5.50. The zero-order chi connectivity index (χ0) is 21.7. The van der Waals surface area contributed by atoms with Crippen molar-refractivity contribution < 1.29 is 22.0 Å². The van der Waals surface area contributed by atoms with Crippen molar-refractivity contribution in [2.45, 2.75) is 19.8 Å². The van der Waals surface area contributed by atoms with Crippen LogP contribution in [0.3, 0.4) is 0 Å². The maximum absolute atomic E-state index is 14.3. The normalized spacial score (nSPS) is 10.1. The number of rotatable bonds is 2. The second-order valence-corrected chi connectivity index (χ2v) is 6.51. The number of hydrogen-bond acceptors (Lipinski definition) is 0. The van der Waals surface area contributed by atoms with E-state index in [0.29, 0.717) is 17.5 Å². The Morgan fingerprint density at radius 1 is 0.600 bits per heavy atom. The molecule has 0 spiro atoms. The van der Waals surface area contributed by atoms with Gasteiger partial charge >= 0.3 is 0 Å². The summed E-state index contributed by atoms with van der Waals surface area (Å²) in [6.07, 6.45) is 1.26. The number of benzene rings is 3. The van der Waals surface area contributed by atoms with Crippen LogP contribution in [0, 0.1) is 52.8 Å². The van der Waals surface area contributed by atoms with Gasteiger partial charge in [0.05, 0.1) is 11.1 Å². The molecule has 0 aliphatic rings. The summed E-state index contributed by atoms with van der Waals surface area (Å²) in [4.78, 5) is 0. The molecule has 0 atom stereocenters. The summed E-state index contributed by atoms with van der Waals surface area (Å²) in [6.45, 7) is 1.89. The standard InChI is InChI=1S/C25H15F5/c1-2-3-17-12-22(27)21(23(28)13-17)11-7-18-14-24(29)20(25(30)15-18)10-6-16-4-8-19(26)9-5-16/h4-5,8-9,12-15H,2-3H2,1H3. The van der Waals surface area contributed by atoms with Crippen LogP contribution < -0.4 is 0 Å². The van der Waals surface area contributed by atoms with Crippen molar-refractivity contribution in [3.8, 4) is 23.7 Å². The fraction of sp³-hybridized carbons (Fsp3) is 0.120. The molecule has 0 aliphatic heterocycles. The molecule has 0 saturated heterocycles. The van der Waals surface area contributed by atoms with Gasteiger partial charge in [0.2, 0.25) is 0 Å². The van der Waals surface area contributed by atoms with Gasteiger partial charge in [-0.05, 0) is 60.5 Å². The van der Waals surface area contributed by atoms with Gasteiger partial charge in [-0.3, -0.25) is 0 Å². The van der Waals surface area contributed by atoms with Crippen LogP contribution >= 0.6 is 0 Å². The molecule has 0 nitrogen and oxygen atoms in total. The van der Waals surface area contributed by atoms with E-state index in [1.807, 2.05) is 6.92 Å². The Morgan fingerprint density at radius 2 is 1.07 bits per heavy atom. The predicted octanol–water partition coefficient (Wildman–Crippen LogP) is 6.13. The summed E-state index contributed by atoms with van der Waals surface area (Å²) >= 11 is 0. The molecule has 0 radical (unpaired) electrons. The lowest BCUT2D eigenvalue weighted by atomic mass is 10.1. The van der Waals surface area contributed by atoms with E-state index in [9.17, 15) is 22.0 Å². The lowest BCUT2D eigenvalue weighted by Gasteiger charge is -2.03. The molecular weight excluding hydrogens is 395 g/mol. The third-order valence-electron chi connectivity index (χ3n) is 4.19. The molecule has 150 valence electrons. The molecule has 5 heteroatoms. The van der Waals surface area contributed by atoms with Crippen LogP contribution in [0.15, 0.2) is 48.5 Å². The van der Waals surface area contributed by atoms with Crippen LogP contribution in [0.2, 0.25) is 0 Å². The summed E-state index contributed by atoms with van der Waals surface area (Å²) in [5.74, 6) is 5.56. The van der Waals surface area contributed by atoms with E-state index in [-0.39, 0.29) is 5.56 Å². The minimum Gasteiger partial charge on any atom is -0.207 e. The van der Waals surface area contributed by atoms with Crippen molar-refractivity contribution >= 4 is 0 Å². The minimum atomic E-state index is -0.965. The van der Waals surface area contributed by atoms with Gasteiger partial charge in [0.1, 0.15) is 29.1 Å². The molecule has 0 amide bonds. The molecule has 0 unspecified atom stereocenters. The molecule has 0 heterocycles. The zero-order valence-corrected chi connectivity index (χ0v) is 15.9. The maximum Gasteiger partial charge on any atom is 0.143 e. The van der Waals surface area contributed by atoms with Gasteiger partial charge in [0.25, 0.3) is 0 Å². The second-order valence-electron chi connectivity index (χ2n) is 6.51. The lowest BCUT2D eigenvalue weighted by Crippen LogP contribution is -1.95. The van der Waals surface area contributed by atoms with Gasteiger partial charge in [-0.25, -0.2) is 22.0 Å². The van der Waals surface area contributed by atoms with Crippen LogP contribution in [0.1, 0.15) is 41.2 Å². The fourth-order valence-electron chi connectivity index (χ4n) is 2.75. The van der Waals surface area contributed by atoms with Crippen molar-refractivity contribution in [1.29, 1.82) is 0 Å². The highest BCUT2D eigenvalue weighted by Gasteiger charge is 2.11. The van der Waals surface area contributed by atoms with E-state index in [1.165, 1.54) is 36.4 Å². The van der Waals surface area contributed by atoms with Gasteiger partial charge in [-0.1, -0.05) is 37.0 Å². The van der Waals surface area contributed by atoms with Crippen LogP contribution in [0.25, 0.3) is 0 Å². The Morgan fingerprint density at radius 3 is 1.57 bits per heavy atom. The predicted molar refractivity (Wildman–Crippen MR) is 105 cm³/mol. The fourth-order valence-corrected chi connectivity index (χ4v) is 2.75. The molecule has 0 saturated carbocycles. The number of aryl methyl sites for hydroxylation is 1. The Kier molecular flexibility index (Phi) is 6.54. The van der Waals surface area contributed by atoms with E-state index in [0.717, 1.165) is 18.6 Å². The summed E-state index contributed by atoms with van der Waals surface area (Å²) in [5.41, 5.74) is -0.133. The van der Waals surface area contributed by atoms with Crippen molar-refractivity contribution in [3.05, 3.63) is 105 Å². The van der Waals surface area contributed by atoms with Gasteiger partial charge in [-0.15, -0.1) is 0 Å². The SMILES string of the molecule is CCCc1cc(F)c(C#Cc2cc(F)c(C#Cc3ccc(F)cc3)c(F)c2)c(F)c1. The Hall–Kier alpha value is -3.57. The average Bonchev–Trinajstić information content (AvgIpc) is 2.68. The highest BCUT2D eigenvalue weighted by Crippen LogP contribution is 2.17. The largest absolute Gasteiger partial charge is 0.207 e. The minimum absolute atomic E-state index is 0.0891. The summed E-state index contributed by atoms with van der Waals surface area (Å²) in [7, 11) is 0. The number of halogens is 5. The van der Waals surface area contributed by atoms with E-state index in [4.69, 9.17) is 0 Å². The molecule has 0 aliphatic carbocycles. The van der Waals surface area contributed by atoms with Crippen LogP contribution in [-0.4, -0.2) is 0 Å². The van der Waals surface area contributed by atoms with E-state index >= 15 is 0 Å². The Labute approximate surface area is 171 Å². The van der Waals surface area contributed by atoms with Gasteiger partial charge < -0.3 is 0 Å². The molecule has 0 fully saturated rings. The van der Waals surface area contributed by atoms with Crippen LogP contribution in [0.4, 0.5) is 22.0 Å². The van der Waals surface area contributed by atoms with Gasteiger partial charge in [0.15, 0.2) is 0 Å². The lowest BCUT2D eigenvalue weighted by molar-refractivity contribution is 0.573. The van der Waals surface area contributed by atoms with Crippen LogP contribution in [0.5, 0.6) is 0 Å². The average molecular weight is 410 g/mol. The molecule has 3 aromatic carbocycles. The first-order chi connectivity index (χ1) is 14.4. The van der Waals surface area contributed by atoms with Crippen molar-refractivity contribution in [1.82, 2.24) is 0 Å². The summed E-state index contributed by atoms with van der Waals surface area (Å²) in [5, 5.41) is 0. The van der Waals surface area contributed by atoms with Gasteiger partial charge in [0, 0.05) is 11.1 Å². The third kappa shape index (κ3) is 5.07. The molecule has 3 aromatic rings. The quantitative estimate of drug-likeness (QED) is 0.352. The van der Waals surface area contributed by atoms with Gasteiger partial charge in [-0.2, -0.15) is 0 Å². The number of hydrogen-bond donors (Lipinski definition) is 0. The molecule has 0 aromatic heterocycles. The first-order valence-corrected chi connectivity index (χ1v) is 9.14. The second kappa shape index (κ2) is 9.29. The molecular formula is C25H15F5. The topological polar surface area (TPSA) is 0 Å². The van der Waals surface area contributed by atoms with Crippen molar-refractivity contribution in [2.75, 3.05) is 0 Å². The van der Waals surface area contributed by atoms with E-state index < -0.39 is 40.2 Å². The highest BCUT2D eigenvalue weighted by atomic mass is 19.1. The molecule has 30 heavy (non-hydrogen) atoms. The Balaban J connectivity index is 1.90. The third-order valence-corrected chi connectivity index (χ3v) is 4.19. The van der Waals surface area contributed by atoms with E-state index in [2.05, 4.69) is 23.7 Å². The first kappa shape index (κ1) is 21.1. The molecule has 0 N–H and O–H groups in total. The first-order valence-electron chi connectivity index (χ1n) is 9.14. The van der Waals surface area contributed by atoms with Crippen LogP contribution in [-0.2, 0) is 6.42 Å². The van der Waals surface area contributed by atoms with E-state index in [1.54, 1.807) is 0 Å². The monoisotopic (exact) mass is 410 g/mol. The summed E-state index contributed by atoms with van der Waals surface area (Å²) in [6, 6.07) is 9.40. The van der Waals surface area contributed by atoms with Crippen molar-refractivity contribution in [2.24, 2.45) is 0 Å².